The maximum atomic E-state index is 12.0. The van der Waals surface area contributed by atoms with Gasteiger partial charge in [0.25, 0.3) is 0 Å². The fourth-order valence-electron chi connectivity index (χ4n) is 2.13. The summed E-state index contributed by atoms with van der Waals surface area (Å²) in [6.45, 7) is 1.19. The van der Waals surface area contributed by atoms with Gasteiger partial charge in [-0.1, -0.05) is 23.2 Å². The lowest BCUT2D eigenvalue weighted by atomic mass is 10.1. The van der Waals surface area contributed by atoms with Crippen molar-refractivity contribution in [3.8, 4) is 0 Å². The molecule has 1 N–H and O–H groups in total. The van der Waals surface area contributed by atoms with E-state index in [1.165, 1.54) is 0 Å². The lowest BCUT2D eigenvalue weighted by molar-refractivity contribution is -0.208. The predicted molar refractivity (Wildman–Crippen MR) is 77.0 cm³/mol. The average molecular weight is 357 g/mol. The zero-order valence-electron chi connectivity index (χ0n) is 11.3. The number of nitrogens with one attached hydrogen (secondary N) is 1. The lowest BCUT2D eigenvalue weighted by Gasteiger charge is -2.33. The highest BCUT2D eigenvalue weighted by Crippen LogP contribution is 2.28. The first-order valence-corrected chi connectivity index (χ1v) is 7.26. The Morgan fingerprint density at radius 1 is 1.23 bits per heavy atom. The minimum Gasteiger partial charge on any atom is -0.371 e. The van der Waals surface area contributed by atoms with Crippen LogP contribution in [0.3, 0.4) is 0 Å². The van der Waals surface area contributed by atoms with Crippen molar-refractivity contribution >= 4 is 34.9 Å². The molecule has 0 aromatic heterocycles. The number of hydrogen-bond acceptors (Lipinski definition) is 4. The zero-order valence-corrected chi connectivity index (χ0v) is 12.8. The highest BCUT2D eigenvalue weighted by molar-refractivity contribution is 6.42. The molecule has 0 radical (unpaired) electrons. The van der Waals surface area contributed by atoms with Crippen molar-refractivity contribution in [3.63, 3.8) is 0 Å². The van der Waals surface area contributed by atoms with Crippen LogP contribution < -0.4 is 10.4 Å². The van der Waals surface area contributed by atoms with E-state index in [9.17, 15) is 18.0 Å². The summed E-state index contributed by atoms with van der Waals surface area (Å²) >= 11 is 11.8. The molecular formula is C13H13Cl2F3N2O2. The molecule has 0 amide bonds. The van der Waals surface area contributed by atoms with Gasteiger partial charge in [-0.15, -0.1) is 5.48 Å². The van der Waals surface area contributed by atoms with Crippen molar-refractivity contribution in [1.82, 2.24) is 5.48 Å². The van der Waals surface area contributed by atoms with Gasteiger partial charge in [-0.2, -0.15) is 13.2 Å². The topological polar surface area (TPSA) is 41.6 Å². The van der Waals surface area contributed by atoms with Crippen LogP contribution in [0.2, 0.25) is 10.0 Å². The van der Waals surface area contributed by atoms with Crippen LogP contribution in [-0.2, 0) is 9.63 Å². The molecule has 0 atom stereocenters. The monoisotopic (exact) mass is 356 g/mol. The van der Waals surface area contributed by atoms with Gasteiger partial charge in [0.05, 0.1) is 10.0 Å². The van der Waals surface area contributed by atoms with E-state index in [0.717, 1.165) is 5.69 Å². The molecule has 1 saturated heterocycles. The van der Waals surface area contributed by atoms with Crippen LogP contribution in [0.25, 0.3) is 0 Å². The van der Waals surface area contributed by atoms with Crippen LogP contribution >= 0.6 is 23.2 Å². The maximum Gasteiger partial charge on any atom is 0.492 e. The molecule has 1 aliphatic rings. The first-order chi connectivity index (χ1) is 10.3. The van der Waals surface area contributed by atoms with Gasteiger partial charge in [0.15, 0.2) is 0 Å². The Hall–Kier alpha value is -1.18. The average Bonchev–Trinajstić information content (AvgIpc) is 2.47. The van der Waals surface area contributed by atoms with E-state index in [2.05, 4.69) is 10.3 Å². The molecule has 1 fully saturated rings. The van der Waals surface area contributed by atoms with Gasteiger partial charge in [0.1, 0.15) is 0 Å². The maximum absolute atomic E-state index is 12.0. The number of halogens is 5. The predicted octanol–water partition coefficient (Wildman–Crippen LogP) is 3.57. The quantitative estimate of drug-likeness (QED) is 0.840. The molecular weight excluding hydrogens is 344 g/mol. The number of piperidine rings is 1. The summed E-state index contributed by atoms with van der Waals surface area (Å²) in [6.07, 6.45) is -3.93. The van der Waals surface area contributed by atoms with Crippen molar-refractivity contribution in [3.05, 3.63) is 28.2 Å². The largest absolute Gasteiger partial charge is 0.492 e. The van der Waals surface area contributed by atoms with Crippen molar-refractivity contribution in [2.45, 2.75) is 25.1 Å². The molecule has 0 saturated carbocycles. The summed E-state index contributed by atoms with van der Waals surface area (Å²) in [7, 11) is 0. The van der Waals surface area contributed by atoms with E-state index in [1.54, 1.807) is 12.1 Å². The van der Waals surface area contributed by atoms with Crippen molar-refractivity contribution in [2.75, 3.05) is 18.0 Å². The standard InChI is InChI=1S/C13H13Cl2F3N2O2/c14-10-2-1-9(7-11(10)15)20-5-3-8(4-6-20)19-22-12(21)13(16,17)18/h1-2,7-8,19H,3-6H2. The summed E-state index contributed by atoms with van der Waals surface area (Å²) in [5.74, 6) is -2.24. The molecule has 122 valence electrons. The zero-order chi connectivity index (χ0) is 16.3. The minimum absolute atomic E-state index is 0.315. The molecule has 0 aliphatic carbocycles. The summed E-state index contributed by atoms with van der Waals surface area (Å²) in [5, 5.41) is 0.902. The van der Waals surface area contributed by atoms with Crippen molar-refractivity contribution < 1.29 is 22.8 Å². The van der Waals surface area contributed by atoms with E-state index < -0.39 is 12.1 Å². The van der Waals surface area contributed by atoms with Gasteiger partial charge < -0.3 is 9.74 Å². The Morgan fingerprint density at radius 3 is 2.41 bits per heavy atom. The van der Waals surface area contributed by atoms with Crippen LogP contribution in [0, 0.1) is 0 Å². The van der Waals surface area contributed by atoms with Crippen LogP contribution in [0.4, 0.5) is 18.9 Å². The molecule has 0 bridgehead atoms. The number of hydrogen-bond donors (Lipinski definition) is 1. The Morgan fingerprint density at radius 2 is 1.86 bits per heavy atom. The van der Waals surface area contributed by atoms with Crippen LogP contribution in [-0.4, -0.2) is 31.3 Å². The smallest absolute Gasteiger partial charge is 0.371 e. The first kappa shape index (κ1) is 17.2. The van der Waals surface area contributed by atoms with Gasteiger partial charge in [-0.3, -0.25) is 0 Å². The Labute approximate surface area is 135 Å². The molecule has 0 spiro atoms. The van der Waals surface area contributed by atoms with Crippen LogP contribution in [0.1, 0.15) is 12.8 Å². The molecule has 1 aliphatic heterocycles. The fraction of sp³-hybridized carbons (Fsp3) is 0.462. The molecule has 1 heterocycles. The van der Waals surface area contributed by atoms with Crippen molar-refractivity contribution in [2.24, 2.45) is 0 Å². The number of nitrogens with zero attached hydrogens (tertiary/aromatic N) is 1. The second-order valence-electron chi connectivity index (χ2n) is 4.86. The summed E-state index contributed by atoms with van der Waals surface area (Å²) in [6, 6.07) is 4.94. The highest BCUT2D eigenvalue weighted by atomic mass is 35.5. The summed E-state index contributed by atoms with van der Waals surface area (Å²) in [4.78, 5) is 16.7. The van der Waals surface area contributed by atoms with E-state index in [-0.39, 0.29) is 6.04 Å². The SMILES string of the molecule is O=C(ONC1CCN(c2ccc(Cl)c(Cl)c2)CC1)C(F)(F)F. The number of hydroxylamine groups is 1. The Bertz CT molecular complexity index is 547. The molecule has 2 rings (SSSR count). The highest BCUT2D eigenvalue weighted by Gasteiger charge is 2.41. The number of benzene rings is 1. The lowest BCUT2D eigenvalue weighted by Crippen LogP contribution is -2.44. The number of carbonyl (C=O) groups is 1. The third-order valence-electron chi connectivity index (χ3n) is 3.31. The molecule has 0 unspecified atom stereocenters. The second kappa shape index (κ2) is 6.93. The first-order valence-electron chi connectivity index (χ1n) is 6.51. The number of rotatable bonds is 3. The van der Waals surface area contributed by atoms with Gasteiger partial charge in [-0.05, 0) is 31.0 Å². The molecule has 9 heteroatoms. The Kier molecular flexibility index (Phi) is 5.41. The fourth-order valence-corrected chi connectivity index (χ4v) is 2.42. The van der Waals surface area contributed by atoms with E-state index in [0.29, 0.717) is 36.0 Å². The second-order valence-corrected chi connectivity index (χ2v) is 5.68. The van der Waals surface area contributed by atoms with E-state index in [1.807, 2.05) is 11.0 Å². The van der Waals surface area contributed by atoms with Gasteiger partial charge in [-0.25, -0.2) is 4.79 Å². The minimum atomic E-state index is -4.99. The third-order valence-corrected chi connectivity index (χ3v) is 4.05. The van der Waals surface area contributed by atoms with E-state index >= 15 is 0 Å². The van der Waals surface area contributed by atoms with Crippen LogP contribution in [0.15, 0.2) is 18.2 Å². The third kappa shape index (κ3) is 4.41. The molecule has 1 aromatic carbocycles. The Balaban J connectivity index is 1.83. The van der Waals surface area contributed by atoms with Crippen LogP contribution in [0.5, 0.6) is 0 Å². The molecule has 4 nitrogen and oxygen atoms in total. The number of carbonyl (C=O) groups excluding carboxylic acids is 1. The summed E-state index contributed by atoms with van der Waals surface area (Å²) < 4.78 is 36.0. The summed E-state index contributed by atoms with van der Waals surface area (Å²) in [5.41, 5.74) is 3.07. The molecule has 22 heavy (non-hydrogen) atoms. The van der Waals surface area contributed by atoms with Gasteiger partial charge in [0, 0.05) is 24.8 Å². The van der Waals surface area contributed by atoms with Gasteiger partial charge in [0.2, 0.25) is 0 Å². The number of anilines is 1. The van der Waals surface area contributed by atoms with E-state index in [4.69, 9.17) is 23.2 Å². The normalized spacial score (nSPS) is 16.7. The number of alkyl halides is 3. The van der Waals surface area contributed by atoms with Crippen molar-refractivity contribution in [1.29, 1.82) is 0 Å². The molecule has 1 aromatic rings. The van der Waals surface area contributed by atoms with Gasteiger partial charge >= 0.3 is 12.1 Å².